The first kappa shape index (κ1) is 19.3. The number of aliphatic hydroxyl groups is 1. The Labute approximate surface area is 151 Å². The van der Waals surface area contributed by atoms with E-state index in [0.29, 0.717) is 11.1 Å². The molecule has 0 aliphatic rings. The van der Waals surface area contributed by atoms with Crippen LogP contribution in [0.2, 0.25) is 0 Å². The van der Waals surface area contributed by atoms with Crippen molar-refractivity contribution in [3.8, 4) is 22.6 Å². The van der Waals surface area contributed by atoms with Gasteiger partial charge in [0.25, 0.3) is 0 Å². The molecule has 0 heterocycles. The van der Waals surface area contributed by atoms with E-state index >= 15 is 0 Å². The summed E-state index contributed by atoms with van der Waals surface area (Å²) >= 11 is 0. The molecule has 0 atom stereocenters. The molecule has 3 N–H and O–H groups in total. The van der Waals surface area contributed by atoms with E-state index < -0.39 is 0 Å². The molecule has 0 aliphatic heterocycles. The summed E-state index contributed by atoms with van der Waals surface area (Å²) in [7, 11) is 0. The van der Waals surface area contributed by atoms with Crippen LogP contribution in [0.25, 0.3) is 11.1 Å². The van der Waals surface area contributed by atoms with Gasteiger partial charge in [0.05, 0.1) is 12.2 Å². The van der Waals surface area contributed by atoms with Gasteiger partial charge in [-0.05, 0) is 46.7 Å². The maximum atomic E-state index is 10.5. The molecule has 3 heteroatoms. The second-order valence-corrected chi connectivity index (χ2v) is 7.44. The minimum Gasteiger partial charge on any atom is -0.507 e. The zero-order chi connectivity index (χ0) is 18.4. The molecular formula is C22H30O3. The van der Waals surface area contributed by atoms with Crippen LogP contribution in [0.4, 0.5) is 0 Å². The topological polar surface area (TPSA) is 60.7 Å². The third kappa shape index (κ3) is 4.76. The van der Waals surface area contributed by atoms with Crippen LogP contribution in [0.15, 0.2) is 36.4 Å². The number of aliphatic hydroxyl groups excluding tert-OH is 1. The van der Waals surface area contributed by atoms with Crippen LogP contribution in [-0.4, -0.2) is 15.3 Å². The molecule has 0 aliphatic carbocycles. The van der Waals surface area contributed by atoms with E-state index in [1.165, 1.54) is 19.3 Å². The average molecular weight is 342 g/mol. The molecule has 25 heavy (non-hydrogen) atoms. The van der Waals surface area contributed by atoms with E-state index in [2.05, 4.69) is 20.8 Å². The fourth-order valence-electron chi connectivity index (χ4n) is 3.26. The van der Waals surface area contributed by atoms with Gasteiger partial charge >= 0.3 is 0 Å². The highest BCUT2D eigenvalue weighted by molar-refractivity contribution is 5.77. The van der Waals surface area contributed by atoms with Crippen molar-refractivity contribution in [2.24, 2.45) is 0 Å². The zero-order valence-corrected chi connectivity index (χ0v) is 15.5. The molecule has 136 valence electrons. The van der Waals surface area contributed by atoms with Gasteiger partial charge in [0.2, 0.25) is 0 Å². The third-order valence-electron chi connectivity index (χ3n) is 4.93. The van der Waals surface area contributed by atoms with Crippen molar-refractivity contribution in [1.82, 2.24) is 0 Å². The second kappa shape index (κ2) is 8.39. The highest BCUT2D eigenvalue weighted by Gasteiger charge is 2.23. The Balaban J connectivity index is 2.30. The first-order chi connectivity index (χ1) is 11.9. The molecule has 2 rings (SSSR count). The summed E-state index contributed by atoms with van der Waals surface area (Å²) in [5.74, 6) is 0.151. The highest BCUT2D eigenvalue weighted by atomic mass is 16.3. The van der Waals surface area contributed by atoms with Crippen LogP contribution in [0.3, 0.4) is 0 Å². The molecule has 0 radical (unpaired) electrons. The SMILES string of the molecule is CCCCCCC(C)(C)c1cc(O)c(-c2cccc(CO)c2)c(O)c1. The Kier molecular flexibility index (Phi) is 6.49. The first-order valence-electron chi connectivity index (χ1n) is 9.15. The predicted octanol–water partition coefficient (Wildman–Crippen LogP) is 5.51. The molecule has 0 fully saturated rings. The summed E-state index contributed by atoms with van der Waals surface area (Å²) in [4.78, 5) is 0. The first-order valence-corrected chi connectivity index (χ1v) is 9.15. The van der Waals surface area contributed by atoms with Gasteiger partial charge in [-0.25, -0.2) is 0 Å². The van der Waals surface area contributed by atoms with Gasteiger partial charge in [-0.1, -0.05) is 64.7 Å². The number of rotatable bonds is 8. The molecule has 0 amide bonds. The van der Waals surface area contributed by atoms with Crippen molar-refractivity contribution < 1.29 is 15.3 Å². The van der Waals surface area contributed by atoms with E-state index in [1.54, 1.807) is 18.2 Å². The van der Waals surface area contributed by atoms with Crippen LogP contribution in [0.5, 0.6) is 11.5 Å². The standard InChI is InChI=1S/C22H30O3/c1-4-5-6-7-11-22(2,3)18-13-19(24)21(20(25)14-18)17-10-8-9-16(12-17)15-23/h8-10,12-14,23-25H,4-7,11,15H2,1-3H3. The molecule has 0 saturated heterocycles. The van der Waals surface area contributed by atoms with Crippen molar-refractivity contribution in [2.75, 3.05) is 0 Å². The van der Waals surface area contributed by atoms with Crippen molar-refractivity contribution >= 4 is 0 Å². The Bertz CT molecular complexity index is 681. The second-order valence-electron chi connectivity index (χ2n) is 7.44. The van der Waals surface area contributed by atoms with E-state index in [9.17, 15) is 15.3 Å². The van der Waals surface area contributed by atoms with Gasteiger partial charge in [-0.2, -0.15) is 0 Å². The smallest absolute Gasteiger partial charge is 0.127 e. The van der Waals surface area contributed by atoms with E-state index in [-0.39, 0.29) is 23.5 Å². The number of hydrogen-bond donors (Lipinski definition) is 3. The van der Waals surface area contributed by atoms with Crippen LogP contribution >= 0.6 is 0 Å². The van der Waals surface area contributed by atoms with Crippen molar-refractivity contribution in [2.45, 2.75) is 64.9 Å². The van der Waals surface area contributed by atoms with E-state index in [4.69, 9.17) is 0 Å². The van der Waals surface area contributed by atoms with Crippen LogP contribution in [0.1, 0.15) is 64.0 Å². The summed E-state index contributed by atoms with van der Waals surface area (Å²) in [6, 6.07) is 10.8. The molecular weight excluding hydrogens is 312 g/mol. The van der Waals surface area contributed by atoms with Crippen LogP contribution < -0.4 is 0 Å². The monoisotopic (exact) mass is 342 g/mol. The van der Waals surface area contributed by atoms with Crippen molar-refractivity contribution in [1.29, 1.82) is 0 Å². The molecule has 2 aromatic carbocycles. The number of benzene rings is 2. The largest absolute Gasteiger partial charge is 0.507 e. The predicted molar refractivity (Wildman–Crippen MR) is 103 cm³/mol. The quantitative estimate of drug-likeness (QED) is 0.555. The lowest BCUT2D eigenvalue weighted by Gasteiger charge is -2.26. The summed E-state index contributed by atoms with van der Waals surface area (Å²) in [5.41, 5.74) is 2.71. The van der Waals surface area contributed by atoms with Gasteiger partial charge in [0, 0.05) is 0 Å². The number of phenols is 2. The Hall–Kier alpha value is -2.00. The average Bonchev–Trinajstić information content (AvgIpc) is 2.58. The molecule has 0 unspecified atom stereocenters. The minimum atomic E-state index is -0.103. The number of aromatic hydroxyl groups is 2. The van der Waals surface area contributed by atoms with Gasteiger partial charge in [0.1, 0.15) is 11.5 Å². The molecule has 0 saturated carbocycles. The van der Waals surface area contributed by atoms with Crippen LogP contribution in [0, 0.1) is 0 Å². The summed E-state index contributed by atoms with van der Waals surface area (Å²) in [5, 5.41) is 30.4. The number of phenolic OH excluding ortho intramolecular Hbond substituents is 2. The zero-order valence-electron chi connectivity index (χ0n) is 15.5. The molecule has 0 spiro atoms. The number of hydrogen-bond acceptors (Lipinski definition) is 3. The van der Waals surface area contributed by atoms with Crippen LogP contribution in [-0.2, 0) is 12.0 Å². The Morgan fingerprint density at radius 1 is 0.920 bits per heavy atom. The summed E-state index contributed by atoms with van der Waals surface area (Å²) in [6.45, 7) is 6.43. The molecule has 2 aromatic rings. The summed E-state index contributed by atoms with van der Waals surface area (Å²) < 4.78 is 0. The van der Waals surface area contributed by atoms with E-state index in [0.717, 1.165) is 24.0 Å². The fraction of sp³-hybridized carbons (Fsp3) is 0.455. The minimum absolute atomic E-state index is 0.0712. The third-order valence-corrected chi connectivity index (χ3v) is 4.93. The normalized spacial score (nSPS) is 11.7. The lowest BCUT2D eigenvalue weighted by Crippen LogP contribution is -2.17. The maximum absolute atomic E-state index is 10.5. The Morgan fingerprint density at radius 2 is 1.60 bits per heavy atom. The molecule has 0 bridgehead atoms. The lowest BCUT2D eigenvalue weighted by atomic mass is 9.79. The van der Waals surface area contributed by atoms with Crippen molar-refractivity contribution in [3.63, 3.8) is 0 Å². The van der Waals surface area contributed by atoms with Crippen molar-refractivity contribution in [3.05, 3.63) is 47.5 Å². The fourth-order valence-corrected chi connectivity index (χ4v) is 3.26. The summed E-state index contributed by atoms with van der Waals surface area (Å²) in [6.07, 6.45) is 5.83. The van der Waals surface area contributed by atoms with Gasteiger partial charge in [-0.3, -0.25) is 0 Å². The maximum Gasteiger partial charge on any atom is 0.127 e. The lowest BCUT2D eigenvalue weighted by molar-refractivity contribution is 0.282. The van der Waals surface area contributed by atoms with Gasteiger partial charge in [-0.15, -0.1) is 0 Å². The molecule has 3 nitrogen and oxygen atoms in total. The van der Waals surface area contributed by atoms with Gasteiger partial charge in [0.15, 0.2) is 0 Å². The molecule has 0 aromatic heterocycles. The highest BCUT2D eigenvalue weighted by Crippen LogP contribution is 2.42. The van der Waals surface area contributed by atoms with Gasteiger partial charge < -0.3 is 15.3 Å². The van der Waals surface area contributed by atoms with E-state index in [1.807, 2.05) is 18.2 Å². The number of unbranched alkanes of at least 4 members (excludes halogenated alkanes) is 3. The Morgan fingerprint density at radius 3 is 2.20 bits per heavy atom.